The molecule has 0 unspecified atom stereocenters. The first-order valence-electron chi connectivity index (χ1n) is 6.81. The molecule has 2 heteroatoms. The average Bonchev–Trinajstić information content (AvgIpc) is 3.22. The molecule has 1 aliphatic rings. The van der Waals surface area contributed by atoms with E-state index in [1.54, 1.807) is 6.07 Å². The quantitative estimate of drug-likeness (QED) is 0.869. The second kappa shape index (κ2) is 5.14. The number of hydrogen-bond acceptors (Lipinski definition) is 1. The van der Waals surface area contributed by atoms with E-state index in [1.807, 2.05) is 43.3 Å². The van der Waals surface area contributed by atoms with Gasteiger partial charge in [0.15, 0.2) is 0 Å². The number of hydrogen-bond donors (Lipinski definition) is 1. The van der Waals surface area contributed by atoms with E-state index < -0.39 is 0 Å². The summed E-state index contributed by atoms with van der Waals surface area (Å²) >= 11 is 0. The number of rotatable bonds is 4. The highest BCUT2D eigenvalue weighted by atomic mass is 19.1. The second-order valence-electron chi connectivity index (χ2n) is 5.34. The lowest BCUT2D eigenvalue weighted by atomic mass is 10.0. The zero-order chi connectivity index (χ0) is 13.2. The minimum absolute atomic E-state index is 0.140. The van der Waals surface area contributed by atoms with Crippen LogP contribution >= 0.6 is 0 Å². The third kappa shape index (κ3) is 3.02. The van der Waals surface area contributed by atoms with E-state index in [9.17, 15) is 4.39 Å². The number of halogens is 1. The van der Waals surface area contributed by atoms with Gasteiger partial charge in [0.25, 0.3) is 0 Å². The third-order valence-corrected chi connectivity index (χ3v) is 3.57. The van der Waals surface area contributed by atoms with Crippen molar-refractivity contribution < 1.29 is 4.39 Å². The van der Waals surface area contributed by atoms with Gasteiger partial charge >= 0.3 is 0 Å². The zero-order valence-electron chi connectivity index (χ0n) is 11.1. The molecule has 2 aromatic rings. The molecule has 1 nitrogen and oxygen atoms in total. The Kier molecular flexibility index (Phi) is 3.34. The normalized spacial score (nSPS) is 14.6. The topological polar surface area (TPSA) is 12.0 Å². The van der Waals surface area contributed by atoms with Crippen LogP contribution in [0.5, 0.6) is 0 Å². The molecule has 19 heavy (non-hydrogen) atoms. The molecule has 0 radical (unpaired) electrons. The number of benzene rings is 2. The first kappa shape index (κ1) is 12.4. The SMILES string of the molecule is Cc1ccc(-c2ccc(CNC3CC3)cc2F)cc1. The van der Waals surface area contributed by atoms with Crippen molar-refractivity contribution in [2.45, 2.75) is 32.4 Å². The first-order chi connectivity index (χ1) is 9.22. The highest BCUT2D eigenvalue weighted by Crippen LogP contribution is 2.25. The molecule has 98 valence electrons. The van der Waals surface area contributed by atoms with Crippen molar-refractivity contribution in [2.75, 3.05) is 0 Å². The van der Waals surface area contributed by atoms with Crippen molar-refractivity contribution in [2.24, 2.45) is 0 Å². The molecule has 0 aromatic heterocycles. The predicted octanol–water partition coefficient (Wildman–Crippen LogP) is 4.05. The molecule has 1 N–H and O–H groups in total. The molecular weight excluding hydrogens is 237 g/mol. The van der Waals surface area contributed by atoms with Crippen molar-refractivity contribution >= 4 is 0 Å². The number of aryl methyl sites for hydroxylation is 1. The Morgan fingerprint density at radius 1 is 1.11 bits per heavy atom. The molecule has 2 aromatic carbocycles. The van der Waals surface area contributed by atoms with Gasteiger partial charge in [-0.15, -0.1) is 0 Å². The minimum Gasteiger partial charge on any atom is -0.310 e. The standard InChI is InChI=1S/C17H18FN/c1-12-2-5-14(6-3-12)16-9-4-13(10-17(16)18)11-19-15-7-8-15/h2-6,9-10,15,19H,7-8,11H2,1H3. The second-order valence-corrected chi connectivity index (χ2v) is 5.34. The Morgan fingerprint density at radius 2 is 1.84 bits per heavy atom. The maximum atomic E-state index is 14.1. The molecule has 1 fully saturated rings. The summed E-state index contributed by atoms with van der Waals surface area (Å²) in [6.07, 6.45) is 2.51. The van der Waals surface area contributed by atoms with Crippen LogP contribution in [0, 0.1) is 12.7 Å². The summed E-state index contributed by atoms with van der Waals surface area (Å²) in [4.78, 5) is 0. The average molecular weight is 255 g/mol. The van der Waals surface area contributed by atoms with Gasteiger partial charge in [-0.1, -0.05) is 42.0 Å². The molecule has 3 rings (SSSR count). The van der Waals surface area contributed by atoms with Crippen LogP contribution in [0.3, 0.4) is 0 Å². The van der Waals surface area contributed by atoms with Crippen molar-refractivity contribution in [1.82, 2.24) is 5.32 Å². The Morgan fingerprint density at radius 3 is 2.47 bits per heavy atom. The Labute approximate surface area is 113 Å². The molecule has 1 saturated carbocycles. The molecule has 0 atom stereocenters. The largest absolute Gasteiger partial charge is 0.310 e. The summed E-state index contributed by atoms with van der Waals surface area (Å²) in [5.74, 6) is -0.140. The van der Waals surface area contributed by atoms with E-state index in [1.165, 1.54) is 18.4 Å². The molecule has 0 spiro atoms. The molecule has 1 aliphatic carbocycles. The van der Waals surface area contributed by atoms with Crippen LogP contribution in [0.1, 0.15) is 24.0 Å². The van der Waals surface area contributed by atoms with Gasteiger partial charge in [0.2, 0.25) is 0 Å². The van der Waals surface area contributed by atoms with Gasteiger partial charge in [-0.05, 0) is 37.0 Å². The van der Waals surface area contributed by atoms with E-state index in [4.69, 9.17) is 0 Å². The fourth-order valence-corrected chi connectivity index (χ4v) is 2.19. The lowest BCUT2D eigenvalue weighted by molar-refractivity contribution is 0.623. The highest BCUT2D eigenvalue weighted by molar-refractivity contribution is 5.64. The lowest BCUT2D eigenvalue weighted by Crippen LogP contribution is -2.15. The molecule has 0 amide bonds. The highest BCUT2D eigenvalue weighted by Gasteiger charge is 2.20. The van der Waals surface area contributed by atoms with Gasteiger partial charge in [-0.2, -0.15) is 0 Å². The van der Waals surface area contributed by atoms with E-state index in [-0.39, 0.29) is 5.82 Å². The number of nitrogens with one attached hydrogen (secondary N) is 1. The summed E-state index contributed by atoms with van der Waals surface area (Å²) in [6, 6.07) is 14.1. The molecule has 0 bridgehead atoms. The van der Waals surface area contributed by atoms with E-state index in [0.717, 1.165) is 17.7 Å². The van der Waals surface area contributed by atoms with Crippen LogP contribution in [0.15, 0.2) is 42.5 Å². The Hall–Kier alpha value is -1.67. The van der Waals surface area contributed by atoms with Gasteiger partial charge in [0.1, 0.15) is 5.82 Å². The van der Waals surface area contributed by atoms with E-state index in [2.05, 4.69) is 5.32 Å². The fraction of sp³-hybridized carbons (Fsp3) is 0.294. The molecular formula is C17H18FN. The van der Waals surface area contributed by atoms with Gasteiger partial charge in [-0.3, -0.25) is 0 Å². The van der Waals surface area contributed by atoms with Gasteiger partial charge in [0.05, 0.1) is 0 Å². The first-order valence-corrected chi connectivity index (χ1v) is 6.81. The van der Waals surface area contributed by atoms with Gasteiger partial charge in [-0.25, -0.2) is 4.39 Å². The predicted molar refractivity (Wildman–Crippen MR) is 76.4 cm³/mol. The van der Waals surface area contributed by atoms with Crippen molar-refractivity contribution in [1.29, 1.82) is 0 Å². The van der Waals surface area contributed by atoms with E-state index >= 15 is 0 Å². The van der Waals surface area contributed by atoms with Crippen LogP contribution in [-0.4, -0.2) is 6.04 Å². The summed E-state index contributed by atoms with van der Waals surface area (Å²) in [7, 11) is 0. The van der Waals surface area contributed by atoms with Crippen LogP contribution in [-0.2, 0) is 6.54 Å². The van der Waals surface area contributed by atoms with Crippen molar-refractivity contribution in [3.8, 4) is 11.1 Å². The van der Waals surface area contributed by atoms with Crippen molar-refractivity contribution in [3.05, 3.63) is 59.4 Å². The zero-order valence-corrected chi connectivity index (χ0v) is 11.1. The van der Waals surface area contributed by atoms with Crippen LogP contribution in [0.4, 0.5) is 4.39 Å². The van der Waals surface area contributed by atoms with Crippen molar-refractivity contribution in [3.63, 3.8) is 0 Å². The van der Waals surface area contributed by atoms with Crippen LogP contribution in [0.25, 0.3) is 11.1 Å². The summed E-state index contributed by atoms with van der Waals surface area (Å²) in [6.45, 7) is 2.79. The van der Waals surface area contributed by atoms with E-state index in [0.29, 0.717) is 11.6 Å². The fourth-order valence-electron chi connectivity index (χ4n) is 2.19. The molecule has 0 aliphatic heterocycles. The van der Waals surface area contributed by atoms with Crippen LogP contribution < -0.4 is 5.32 Å². The maximum Gasteiger partial charge on any atom is 0.131 e. The Balaban J connectivity index is 1.80. The summed E-state index contributed by atoms with van der Waals surface area (Å²) in [5.41, 5.74) is 3.81. The lowest BCUT2D eigenvalue weighted by Gasteiger charge is -2.08. The third-order valence-electron chi connectivity index (χ3n) is 3.57. The molecule has 0 saturated heterocycles. The maximum absolute atomic E-state index is 14.1. The summed E-state index contributed by atoms with van der Waals surface area (Å²) in [5, 5.41) is 3.40. The van der Waals surface area contributed by atoms with Gasteiger partial charge in [0, 0.05) is 18.2 Å². The molecule has 0 heterocycles. The van der Waals surface area contributed by atoms with Crippen LogP contribution in [0.2, 0.25) is 0 Å². The van der Waals surface area contributed by atoms with Gasteiger partial charge < -0.3 is 5.32 Å². The summed E-state index contributed by atoms with van der Waals surface area (Å²) < 4.78 is 14.1. The minimum atomic E-state index is -0.140. The smallest absolute Gasteiger partial charge is 0.131 e. The monoisotopic (exact) mass is 255 g/mol. The Bertz CT molecular complexity index is 570.